The molecule has 0 saturated carbocycles. The van der Waals surface area contributed by atoms with Crippen LogP contribution in [0.25, 0.3) is 0 Å². The molecule has 0 radical (unpaired) electrons. The van der Waals surface area contributed by atoms with E-state index < -0.39 is 0 Å². The number of rotatable bonds is 9. The molecule has 164 valence electrons. The van der Waals surface area contributed by atoms with Gasteiger partial charge in [0.05, 0.1) is 18.2 Å². The van der Waals surface area contributed by atoms with E-state index in [0.717, 1.165) is 22.0 Å². The van der Waals surface area contributed by atoms with Crippen molar-refractivity contribution in [3.8, 4) is 5.75 Å². The van der Waals surface area contributed by atoms with Crippen molar-refractivity contribution in [1.29, 1.82) is 0 Å². The number of hydrogen-bond acceptors (Lipinski definition) is 4. The summed E-state index contributed by atoms with van der Waals surface area (Å²) in [5.41, 5.74) is 4.42. The predicted octanol–water partition coefficient (Wildman–Crippen LogP) is 6.21. The molecule has 0 spiro atoms. The van der Waals surface area contributed by atoms with Gasteiger partial charge in [-0.25, -0.2) is 4.98 Å². The number of nitrogens with one attached hydrogen (secondary N) is 1. The van der Waals surface area contributed by atoms with Gasteiger partial charge in [-0.15, -0.1) is 11.3 Å². The fraction of sp³-hybridized carbons (Fsp3) is 0.385. The van der Waals surface area contributed by atoms with Gasteiger partial charge >= 0.3 is 0 Å². The molecule has 0 bridgehead atoms. The predicted molar refractivity (Wildman–Crippen MR) is 128 cm³/mol. The minimum Gasteiger partial charge on any atom is -0.486 e. The van der Waals surface area contributed by atoms with E-state index in [9.17, 15) is 4.79 Å². The minimum absolute atomic E-state index is 0.0112. The van der Waals surface area contributed by atoms with Crippen LogP contribution >= 0.6 is 11.3 Å². The van der Waals surface area contributed by atoms with Crippen molar-refractivity contribution in [3.05, 3.63) is 81.3 Å². The second-order valence-corrected chi connectivity index (χ2v) is 9.56. The van der Waals surface area contributed by atoms with Gasteiger partial charge in [0, 0.05) is 5.38 Å². The summed E-state index contributed by atoms with van der Waals surface area (Å²) in [4.78, 5) is 17.3. The summed E-state index contributed by atoms with van der Waals surface area (Å²) in [6.45, 7) is 11.1. The smallest absolute Gasteiger partial charge is 0.226 e. The van der Waals surface area contributed by atoms with Crippen molar-refractivity contribution in [1.82, 2.24) is 10.3 Å². The number of amides is 1. The lowest BCUT2D eigenvalue weighted by Crippen LogP contribution is -2.33. The molecule has 2 aromatic carbocycles. The molecule has 1 N–H and O–H groups in total. The van der Waals surface area contributed by atoms with Gasteiger partial charge in [-0.3, -0.25) is 4.79 Å². The Labute approximate surface area is 189 Å². The third-order valence-corrected chi connectivity index (χ3v) is 6.14. The van der Waals surface area contributed by atoms with Crippen LogP contribution in [0.3, 0.4) is 0 Å². The highest BCUT2D eigenvalue weighted by atomic mass is 32.1. The Morgan fingerprint density at radius 3 is 2.26 bits per heavy atom. The normalized spacial score (nSPS) is 12.2. The second kappa shape index (κ2) is 10.6. The molecule has 0 saturated heterocycles. The molecular weight excluding hydrogens is 404 g/mol. The van der Waals surface area contributed by atoms with Gasteiger partial charge in [0.25, 0.3) is 0 Å². The summed E-state index contributed by atoms with van der Waals surface area (Å²) in [5.74, 6) is 1.60. The molecular formula is C26H32N2O2S. The van der Waals surface area contributed by atoms with Crippen molar-refractivity contribution >= 4 is 17.2 Å². The lowest BCUT2D eigenvalue weighted by Gasteiger charge is -2.23. The molecule has 3 rings (SSSR count). The van der Waals surface area contributed by atoms with E-state index in [1.54, 1.807) is 0 Å². The zero-order valence-electron chi connectivity index (χ0n) is 19.0. The number of thiazole rings is 1. The van der Waals surface area contributed by atoms with Gasteiger partial charge in [0.1, 0.15) is 17.4 Å². The number of hydrogen-bond donors (Lipinski definition) is 1. The molecule has 1 amide bonds. The summed E-state index contributed by atoms with van der Waals surface area (Å²) in [6.07, 6.45) is 0.272. The van der Waals surface area contributed by atoms with E-state index >= 15 is 0 Å². The Kier molecular flexibility index (Phi) is 7.85. The van der Waals surface area contributed by atoms with Crippen molar-refractivity contribution in [3.63, 3.8) is 0 Å². The first-order valence-corrected chi connectivity index (χ1v) is 11.7. The largest absolute Gasteiger partial charge is 0.486 e. The zero-order valence-corrected chi connectivity index (χ0v) is 19.8. The molecule has 4 nitrogen and oxygen atoms in total. The van der Waals surface area contributed by atoms with Crippen LogP contribution in [0.2, 0.25) is 0 Å². The van der Waals surface area contributed by atoms with Crippen LogP contribution in [0, 0.1) is 12.8 Å². The maximum Gasteiger partial charge on any atom is 0.226 e. The van der Waals surface area contributed by atoms with Crippen LogP contribution in [0.4, 0.5) is 0 Å². The second-order valence-electron chi connectivity index (χ2n) is 8.62. The van der Waals surface area contributed by atoms with E-state index in [1.165, 1.54) is 22.5 Å². The van der Waals surface area contributed by atoms with E-state index in [1.807, 2.05) is 36.6 Å². The quantitative estimate of drug-likeness (QED) is 0.434. The van der Waals surface area contributed by atoms with Gasteiger partial charge in [-0.2, -0.15) is 0 Å². The maximum absolute atomic E-state index is 12.7. The van der Waals surface area contributed by atoms with Crippen LogP contribution in [-0.4, -0.2) is 10.9 Å². The average Bonchev–Trinajstić information content (AvgIpc) is 3.18. The Morgan fingerprint density at radius 2 is 1.65 bits per heavy atom. The average molecular weight is 437 g/mol. The number of aryl methyl sites for hydroxylation is 1. The van der Waals surface area contributed by atoms with E-state index in [-0.39, 0.29) is 18.4 Å². The molecule has 1 atom stereocenters. The molecule has 3 aromatic rings. The van der Waals surface area contributed by atoms with Crippen molar-refractivity contribution < 1.29 is 9.53 Å². The molecule has 0 fully saturated rings. The van der Waals surface area contributed by atoms with E-state index in [4.69, 9.17) is 4.74 Å². The molecule has 0 aliphatic carbocycles. The first-order chi connectivity index (χ1) is 14.8. The van der Waals surface area contributed by atoms with E-state index in [2.05, 4.69) is 62.3 Å². The fourth-order valence-electron chi connectivity index (χ4n) is 3.39. The maximum atomic E-state index is 12.7. The van der Waals surface area contributed by atoms with Crippen molar-refractivity contribution in [2.45, 2.75) is 59.6 Å². The Hall–Kier alpha value is -2.66. The number of carbonyl (C=O) groups is 1. The molecule has 0 aliphatic rings. The van der Waals surface area contributed by atoms with Crippen molar-refractivity contribution in [2.24, 2.45) is 5.92 Å². The van der Waals surface area contributed by atoms with Gasteiger partial charge in [0.15, 0.2) is 0 Å². The summed E-state index contributed by atoms with van der Waals surface area (Å²) in [6, 6.07) is 16.5. The number of benzene rings is 2. The van der Waals surface area contributed by atoms with Crippen LogP contribution in [0.5, 0.6) is 5.75 Å². The lowest BCUT2D eigenvalue weighted by molar-refractivity contribution is -0.121. The standard InChI is InChI=1S/C26H32N2O2S/c1-17(2)20-8-10-21(11-9-20)26(18(3)4)28-24(29)14-22-16-31-25(27-22)15-30-23-12-6-19(5)7-13-23/h6-13,16-18,26H,14-15H2,1-5H3,(H,28,29). The highest BCUT2D eigenvalue weighted by Crippen LogP contribution is 2.24. The van der Waals surface area contributed by atoms with Crippen LogP contribution < -0.4 is 10.1 Å². The molecule has 31 heavy (non-hydrogen) atoms. The Balaban J connectivity index is 1.56. The number of ether oxygens (including phenoxy) is 1. The number of nitrogens with zero attached hydrogens (tertiary/aromatic N) is 1. The summed E-state index contributed by atoms with van der Waals surface area (Å²) < 4.78 is 5.79. The fourth-order valence-corrected chi connectivity index (χ4v) is 4.09. The first-order valence-electron chi connectivity index (χ1n) is 10.8. The summed E-state index contributed by atoms with van der Waals surface area (Å²) in [5, 5.41) is 6.01. The number of carbonyl (C=O) groups excluding carboxylic acids is 1. The highest BCUT2D eigenvalue weighted by molar-refractivity contribution is 7.09. The SMILES string of the molecule is Cc1ccc(OCc2nc(CC(=O)NC(c3ccc(C(C)C)cc3)C(C)C)cs2)cc1. The van der Waals surface area contributed by atoms with Gasteiger partial charge in [0.2, 0.25) is 5.91 Å². The van der Waals surface area contributed by atoms with Gasteiger partial charge in [-0.05, 0) is 42.0 Å². The Morgan fingerprint density at radius 1 is 1.00 bits per heavy atom. The zero-order chi connectivity index (χ0) is 22.4. The topological polar surface area (TPSA) is 51.2 Å². The molecule has 1 unspecified atom stereocenters. The third kappa shape index (κ3) is 6.66. The lowest BCUT2D eigenvalue weighted by atomic mass is 9.93. The van der Waals surface area contributed by atoms with Gasteiger partial charge in [-0.1, -0.05) is 69.7 Å². The van der Waals surface area contributed by atoms with Crippen LogP contribution in [-0.2, 0) is 17.8 Å². The van der Waals surface area contributed by atoms with Crippen LogP contribution in [0.15, 0.2) is 53.9 Å². The Bertz CT molecular complexity index is 975. The van der Waals surface area contributed by atoms with Crippen molar-refractivity contribution in [2.75, 3.05) is 0 Å². The first kappa shape index (κ1) is 23.0. The third-order valence-electron chi connectivity index (χ3n) is 5.27. The molecule has 5 heteroatoms. The van der Waals surface area contributed by atoms with Gasteiger partial charge < -0.3 is 10.1 Å². The molecule has 0 aliphatic heterocycles. The summed E-state index contributed by atoms with van der Waals surface area (Å²) >= 11 is 1.52. The van der Waals surface area contributed by atoms with Crippen LogP contribution in [0.1, 0.15) is 67.0 Å². The summed E-state index contributed by atoms with van der Waals surface area (Å²) in [7, 11) is 0. The minimum atomic E-state index is -0.0170. The molecule has 1 heterocycles. The highest BCUT2D eigenvalue weighted by Gasteiger charge is 2.19. The van der Waals surface area contributed by atoms with E-state index in [0.29, 0.717) is 18.4 Å². The molecule has 1 aromatic heterocycles. The monoisotopic (exact) mass is 436 g/mol. The number of aromatic nitrogens is 1.